The van der Waals surface area contributed by atoms with Crippen LogP contribution in [-0.4, -0.2) is 37.0 Å². The Kier molecular flexibility index (Phi) is 5.71. The molecular weight excluding hydrogens is 457 g/mol. The third-order valence-corrected chi connectivity index (χ3v) is 5.74. The molecule has 0 saturated heterocycles. The lowest BCUT2D eigenvalue weighted by Crippen LogP contribution is -2.20. The van der Waals surface area contributed by atoms with Crippen LogP contribution in [0.15, 0.2) is 78.2 Å². The molecule has 1 aliphatic rings. The molecule has 4 heterocycles. The van der Waals surface area contributed by atoms with Crippen LogP contribution in [-0.2, 0) is 0 Å². The van der Waals surface area contributed by atoms with Crippen molar-refractivity contribution in [2.24, 2.45) is 10.4 Å². The Hall–Kier alpha value is -4.60. The number of nitrogens with one attached hydrogen (secondary N) is 2. The lowest BCUT2D eigenvalue weighted by atomic mass is 9.90. The van der Waals surface area contributed by atoms with E-state index >= 15 is 4.39 Å². The molecule has 0 aliphatic carbocycles. The maximum atomic E-state index is 15.2. The fourth-order valence-corrected chi connectivity index (χ4v) is 3.95. The molecule has 0 amide bonds. The number of pyridine rings is 1. The third-order valence-electron chi connectivity index (χ3n) is 5.74. The molecule has 1 aromatic carbocycles. The highest BCUT2D eigenvalue weighted by Gasteiger charge is 2.22. The lowest BCUT2D eigenvalue weighted by molar-refractivity contribution is 0.594. The molecule has 10 heteroatoms. The van der Waals surface area contributed by atoms with E-state index in [1.54, 1.807) is 41.3 Å². The number of aliphatic imine (C=N–C) groups is 1. The topological polar surface area (TPSA) is 119 Å². The molecule has 0 radical (unpaired) electrons. The second-order valence-corrected chi connectivity index (χ2v) is 9.47. The van der Waals surface area contributed by atoms with E-state index < -0.39 is 5.82 Å². The molecule has 0 fully saturated rings. The first-order valence-corrected chi connectivity index (χ1v) is 11.4. The first-order valence-electron chi connectivity index (χ1n) is 11.4. The predicted octanol–water partition coefficient (Wildman–Crippen LogP) is 4.46. The maximum Gasteiger partial charge on any atom is 0.169 e. The number of hydrogen-bond donors (Lipinski definition) is 3. The van der Waals surface area contributed by atoms with Crippen molar-refractivity contribution < 1.29 is 4.39 Å². The number of fused-ring (bicyclic) bond motifs is 1. The molecule has 4 N–H and O–H groups in total. The van der Waals surface area contributed by atoms with Gasteiger partial charge in [0.05, 0.1) is 23.3 Å². The highest BCUT2D eigenvalue weighted by atomic mass is 19.1. The number of nitrogens with zero attached hydrogens (tertiary/aromatic N) is 6. The van der Waals surface area contributed by atoms with E-state index in [1.807, 2.05) is 6.08 Å². The van der Waals surface area contributed by atoms with E-state index in [4.69, 9.17) is 5.73 Å². The van der Waals surface area contributed by atoms with Gasteiger partial charge in [0, 0.05) is 34.8 Å². The van der Waals surface area contributed by atoms with Crippen LogP contribution in [0.3, 0.4) is 0 Å². The first-order chi connectivity index (χ1) is 17.2. The average molecular weight is 484 g/mol. The molecule has 0 atom stereocenters. The molecule has 0 unspecified atom stereocenters. The molecule has 5 rings (SSSR count). The summed E-state index contributed by atoms with van der Waals surface area (Å²) >= 11 is 0. The Balaban J connectivity index is 1.41. The molecule has 9 nitrogen and oxygen atoms in total. The minimum Gasteiger partial charge on any atom is -0.383 e. The van der Waals surface area contributed by atoms with Gasteiger partial charge in [-0.15, -0.1) is 0 Å². The number of halogens is 1. The third kappa shape index (κ3) is 4.40. The van der Waals surface area contributed by atoms with Crippen LogP contribution < -0.4 is 16.4 Å². The second kappa shape index (κ2) is 8.88. The minimum absolute atomic E-state index is 0.0386. The second-order valence-electron chi connectivity index (χ2n) is 9.47. The van der Waals surface area contributed by atoms with Gasteiger partial charge in [-0.1, -0.05) is 33.4 Å². The van der Waals surface area contributed by atoms with Gasteiger partial charge in [0.2, 0.25) is 0 Å². The van der Waals surface area contributed by atoms with Crippen LogP contribution in [0.1, 0.15) is 20.8 Å². The highest BCUT2D eigenvalue weighted by molar-refractivity contribution is 6.01. The van der Waals surface area contributed by atoms with Gasteiger partial charge < -0.3 is 16.4 Å². The summed E-state index contributed by atoms with van der Waals surface area (Å²) in [6, 6.07) is 8.40. The van der Waals surface area contributed by atoms with Gasteiger partial charge in [0.1, 0.15) is 29.5 Å². The number of benzene rings is 1. The van der Waals surface area contributed by atoms with Crippen molar-refractivity contribution >= 4 is 28.3 Å². The van der Waals surface area contributed by atoms with Crippen LogP contribution >= 0.6 is 0 Å². The molecule has 3 aromatic heterocycles. The molecule has 1 aliphatic heterocycles. The van der Waals surface area contributed by atoms with Gasteiger partial charge in [0.25, 0.3) is 0 Å². The summed E-state index contributed by atoms with van der Waals surface area (Å²) in [6.45, 7) is 10.8. The Morgan fingerprint density at radius 1 is 1.11 bits per heavy atom. The molecule has 0 bridgehead atoms. The lowest BCUT2D eigenvalue weighted by Gasteiger charge is -2.16. The number of hydrogen-bond acceptors (Lipinski definition) is 8. The van der Waals surface area contributed by atoms with Crippen molar-refractivity contribution in [3.05, 3.63) is 79.0 Å². The summed E-state index contributed by atoms with van der Waals surface area (Å²) in [6.07, 6.45) is 6.70. The van der Waals surface area contributed by atoms with Gasteiger partial charge >= 0.3 is 0 Å². The highest BCUT2D eigenvalue weighted by Crippen LogP contribution is 2.33. The zero-order valence-electron chi connectivity index (χ0n) is 20.2. The van der Waals surface area contributed by atoms with Crippen molar-refractivity contribution in [1.29, 1.82) is 0 Å². The number of aromatic nitrogens is 5. The average Bonchev–Trinajstić information content (AvgIpc) is 3.47. The van der Waals surface area contributed by atoms with E-state index in [-0.39, 0.29) is 16.9 Å². The fraction of sp³-hybridized carbons (Fsp3) is 0.192. The van der Waals surface area contributed by atoms with E-state index in [1.165, 1.54) is 12.4 Å². The van der Waals surface area contributed by atoms with Crippen molar-refractivity contribution in [2.45, 2.75) is 20.8 Å². The van der Waals surface area contributed by atoms with Crippen LogP contribution in [0.5, 0.6) is 0 Å². The monoisotopic (exact) mass is 483 g/mol. The predicted molar refractivity (Wildman–Crippen MR) is 140 cm³/mol. The minimum atomic E-state index is -0.468. The maximum absolute atomic E-state index is 15.2. The molecule has 0 saturated carbocycles. The molecule has 182 valence electrons. The van der Waals surface area contributed by atoms with Crippen molar-refractivity contribution in [3.8, 4) is 16.9 Å². The summed E-state index contributed by atoms with van der Waals surface area (Å²) in [5.74, 6) is 0.241. The van der Waals surface area contributed by atoms with Gasteiger partial charge in [-0.2, -0.15) is 5.10 Å². The standard InChI is InChI=1S/C26H26FN9/c1-15(33-17-12-21(30-13-17)26(2,3)4)34-20-6-5-16(11-19(20)27)23-22-24(28)31-14-32-25(22)36(35-23)18-7-9-29-10-8-18/h5-12,14,33-34H,1,13H2,2-4H3,(H2,28,31,32). The zero-order chi connectivity index (χ0) is 25.4. The zero-order valence-corrected chi connectivity index (χ0v) is 20.2. The van der Waals surface area contributed by atoms with E-state index in [2.05, 4.69) is 63.0 Å². The quantitative estimate of drug-likeness (QED) is 0.371. The molecular formula is C26H26FN9. The van der Waals surface area contributed by atoms with E-state index in [0.717, 1.165) is 17.1 Å². The van der Waals surface area contributed by atoms with Gasteiger partial charge in [-0.05, 0) is 30.3 Å². The van der Waals surface area contributed by atoms with Crippen LogP contribution in [0.2, 0.25) is 0 Å². The van der Waals surface area contributed by atoms with Crippen molar-refractivity contribution in [2.75, 3.05) is 17.6 Å². The smallest absolute Gasteiger partial charge is 0.169 e. The number of nitrogen functional groups attached to an aromatic ring is 1. The van der Waals surface area contributed by atoms with Crippen molar-refractivity contribution in [3.63, 3.8) is 0 Å². The number of rotatable bonds is 6. The summed E-state index contributed by atoms with van der Waals surface area (Å²) in [7, 11) is 0. The van der Waals surface area contributed by atoms with Gasteiger partial charge in [0.15, 0.2) is 5.65 Å². The summed E-state index contributed by atoms with van der Waals surface area (Å²) in [4.78, 5) is 17.1. The summed E-state index contributed by atoms with van der Waals surface area (Å²) < 4.78 is 16.8. The van der Waals surface area contributed by atoms with Crippen molar-refractivity contribution in [1.82, 2.24) is 30.0 Å². The Labute approximate surface area is 207 Å². The fourth-order valence-electron chi connectivity index (χ4n) is 3.95. The van der Waals surface area contributed by atoms with Gasteiger partial charge in [-0.25, -0.2) is 19.0 Å². The largest absolute Gasteiger partial charge is 0.383 e. The first kappa shape index (κ1) is 23.2. The molecule has 0 spiro atoms. The number of anilines is 2. The number of nitrogens with two attached hydrogens (primary N) is 1. The normalized spacial score (nSPS) is 13.4. The van der Waals surface area contributed by atoms with Crippen LogP contribution in [0, 0.1) is 11.2 Å². The molecule has 36 heavy (non-hydrogen) atoms. The Morgan fingerprint density at radius 2 is 1.89 bits per heavy atom. The summed E-state index contributed by atoms with van der Waals surface area (Å²) in [5, 5.41) is 11.4. The number of allylic oxidation sites excluding steroid dienone is 1. The summed E-state index contributed by atoms with van der Waals surface area (Å²) in [5.41, 5.74) is 10.6. The Bertz CT molecular complexity index is 1530. The SMILES string of the molecule is C=C(NC1=CC(C(C)(C)C)=NC1)Nc1ccc(-c2nn(-c3ccncc3)c3ncnc(N)c23)cc1F. The molecule has 4 aromatic rings. The van der Waals surface area contributed by atoms with Gasteiger partial charge in [-0.3, -0.25) is 9.98 Å². The van der Waals surface area contributed by atoms with Crippen LogP contribution in [0.25, 0.3) is 28.0 Å². The van der Waals surface area contributed by atoms with E-state index in [0.29, 0.717) is 34.7 Å². The Morgan fingerprint density at radius 3 is 2.58 bits per heavy atom. The van der Waals surface area contributed by atoms with E-state index in [9.17, 15) is 0 Å². The van der Waals surface area contributed by atoms with Crippen LogP contribution in [0.4, 0.5) is 15.9 Å².